The fourth-order valence-corrected chi connectivity index (χ4v) is 3.32. The number of fused-ring (bicyclic) bond motifs is 1. The minimum absolute atomic E-state index is 0.0730. The Balaban J connectivity index is 2.42. The lowest BCUT2D eigenvalue weighted by Gasteiger charge is -2.43. The molecular weight excluding hydrogens is 287 g/mol. The van der Waals surface area contributed by atoms with Crippen molar-refractivity contribution >= 4 is 11.3 Å². The largest absolute Gasteiger partial charge is 0.362 e. The first kappa shape index (κ1) is 18.0. The van der Waals surface area contributed by atoms with Crippen LogP contribution < -0.4 is 10.2 Å². The third-order valence-electron chi connectivity index (χ3n) is 4.58. The average Bonchev–Trinajstić information content (AvgIpc) is 2.44. The smallest absolute Gasteiger partial charge is 0.129 e. The lowest BCUT2D eigenvalue weighted by Crippen LogP contribution is -2.45. The number of anilines is 1. The van der Waals surface area contributed by atoms with E-state index in [1.807, 2.05) is 6.07 Å². The highest BCUT2D eigenvalue weighted by Crippen LogP contribution is 2.40. The van der Waals surface area contributed by atoms with Crippen LogP contribution >= 0.6 is 0 Å². The van der Waals surface area contributed by atoms with E-state index in [0.717, 1.165) is 30.6 Å². The molecule has 3 heteroatoms. The van der Waals surface area contributed by atoms with E-state index in [1.54, 1.807) is 6.07 Å². The van der Waals surface area contributed by atoms with Crippen LogP contribution in [0.2, 0.25) is 0 Å². The maximum absolute atomic E-state index is 14.6. The maximum atomic E-state index is 14.6. The van der Waals surface area contributed by atoms with Crippen molar-refractivity contribution in [1.82, 2.24) is 5.32 Å². The zero-order valence-electron chi connectivity index (χ0n) is 15.5. The summed E-state index contributed by atoms with van der Waals surface area (Å²) in [5, 5.41) is 3.31. The molecule has 2 nitrogen and oxygen atoms in total. The van der Waals surface area contributed by atoms with Crippen LogP contribution in [0.5, 0.6) is 0 Å². The summed E-state index contributed by atoms with van der Waals surface area (Å²) in [5.41, 5.74) is 4.12. The number of benzene rings is 1. The zero-order chi connectivity index (χ0) is 17.2. The second-order valence-electron chi connectivity index (χ2n) is 7.48. The Hall–Kier alpha value is -1.35. The van der Waals surface area contributed by atoms with E-state index in [4.69, 9.17) is 0 Å². The molecule has 1 aliphatic heterocycles. The van der Waals surface area contributed by atoms with E-state index in [2.05, 4.69) is 57.8 Å². The van der Waals surface area contributed by atoms with E-state index < -0.39 is 0 Å². The van der Waals surface area contributed by atoms with Gasteiger partial charge >= 0.3 is 0 Å². The highest BCUT2D eigenvalue weighted by atomic mass is 19.1. The Kier molecular flexibility index (Phi) is 5.51. The molecule has 0 fully saturated rings. The third-order valence-corrected chi connectivity index (χ3v) is 4.58. The van der Waals surface area contributed by atoms with Crippen molar-refractivity contribution in [3.8, 4) is 0 Å². The van der Waals surface area contributed by atoms with Crippen molar-refractivity contribution in [1.29, 1.82) is 0 Å². The topological polar surface area (TPSA) is 15.3 Å². The van der Waals surface area contributed by atoms with Crippen LogP contribution in [-0.2, 0) is 6.54 Å². The fourth-order valence-electron chi connectivity index (χ4n) is 3.32. The predicted molar refractivity (Wildman–Crippen MR) is 98.4 cm³/mol. The predicted octanol–water partition coefficient (Wildman–Crippen LogP) is 5.13. The standard InChI is InChI=1S/C20H31FN2/c1-7-8-9-23-19-11-18(21)16(13-22-14(2)3)10-17(19)15(4)12-20(23,5)6/h10-12,14,22H,7-9,13H2,1-6H3. The van der Waals surface area contributed by atoms with Crippen molar-refractivity contribution < 1.29 is 4.39 Å². The Morgan fingerprint density at radius 1 is 1.26 bits per heavy atom. The fraction of sp³-hybridized carbons (Fsp3) is 0.600. The number of rotatable bonds is 6. The molecule has 1 N–H and O–H groups in total. The molecule has 1 aromatic rings. The molecule has 1 aliphatic rings. The summed E-state index contributed by atoms with van der Waals surface area (Å²) in [7, 11) is 0. The molecule has 0 bridgehead atoms. The van der Waals surface area contributed by atoms with E-state index in [9.17, 15) is 4.39 Å². The average molecular weight is 318 g/mol. The van der Waals surface area contributed by atoms with Gasteiger partial charge in [-0.25, -0.2) is 4.39 Å². The SMILES string of the molecule is CCCCN1c2cc(F)c(CNC(C)C)cc2C(C)=CC1(C)C. The molecule has 23 heavy (non-hydrogen) atoms. The van der Waals surface area contributed by atoms with Gasteiger partial charge in [-0.05, 0) is 44.9 Å². The minimum atomic E-state index is -0.108. The van der Waals surface area contributed by atoms with E-state index >= 15 is 0 Å². The van der Waals surface area contributed by atoms with Gasteiger partial charge < -0.3 is 10.2 Å². The number of nitrogens with zero attached hydrogens (tertiary/aromatic N) is 1. The molecule has 0 aromatic heterocycles. The van der Waals surface area contributed by atoms with Crippen LogP contribution in [-0.4, -0.2) is 18.1 Å². The molecule has 0 amide bonds. The maximum Gasteiger partial charge on any atom is 0.129 e. The number of hydrogen-bond acceptors (Lipinski definition) is 2. The summed E-state index contributed by atoms with van der Waals surface area (Å²) >= 11 is 0. The number of nitrogens with one attached hydrogen (secondary N) is 1. The van der Waals surface area contributed by atoms with Crippen molar-refractivity contribution in [2.24, 2.45) is 0 Å². The molecule has 0 unspecified atom stereocenters. The minimum Gasteiger partial charge on any atom is -0.362 e. The van der Waals surface area contributed by atoms with Crippen LogP contribution in [0, 0.1) is 5.82 Å². The van der Waals surface area contributed by atoms with Gasteiger partial charge in [-0.3, -0.25) is 0 Å². The van der Waals surface area contributed by atoms with Gasteiger partial charge in [0.15, 0.2) is 0 Å². The van der Waals surface area contributed by atoms with E-state index in [-0.39, 0.29) is 11.4 Å². The number of allylic oxidation sites excluding steroid dienone is 1. The molecule has 0 saturated carbocycles. The second-order valence-corrected chi connectivity index (χ2v) is 7.48. The Bertz CT molecular complexity index is 588. The van der Waals surface area contributed by atoms with Crippen LogP contribution in [0.4, 0.5) is 10.1 Å². The van der Waals surface area contributed by atoms with Gasteiger partial charge in [0, 0.05) is 35.9 Å². The number of hydrogen-bond donors (Lipinski definition) is 1. The molecule has 1 heterocycles. The number of unbranched alkanes of at least 4 members (excludes halogenated alkanes) is 1. The summed E-state index contributed by atoms with van der Waals surface area (Å²) in [4.78, 5) is 2.35. The van der Waals surface area contributed by atoms with Crippen LogP contribution in [0.3, 0.4) is 0 Å². The monoisotopic (exact) mass is 318 g/mol. The van der Waals surface area contributed by atoms with Gasteiger partial charge in [-0.1, -0.05) is 33.3 Å². The van der Waals surface area contributed by atoms with E-state index in [1.165, 1.54) is 11.1 Å². The molecule has 0 atom stereocenters. The van der Waals surface area contributed by atoms with Crippen molar-refractivity contribution in [3.63, 3.8) is 0 Å². The zero-order valence-corrected chi connectivity index (χ0v) is 15.5. The molecular formula is C20H31FN2. The molecule has 0 saturated heterocycles. The molecule has 0 radical (unpaired) electrons. The van der Waals surface area contributed by atoms with Crippen LogP contribution in [0.25, 0.3) is 5.57 Å². The summed E-state index contributed by atoms with van der Waals surface area (Å²) in [6.07, 6.45) is 4.57. The molecule has 1 aromatic carbocycles. The van der Waals surface area contributed by atoms with Gasteiger partial charge in [-0.2, -0.15) is 0 Å². The van der Waals surface area contributed by atoms with Gasteiger partial charge in [0.05, 0.1) is 5.54 Å². The molecule has 128 valence electrons. The highest BCUT2D eigenvalue weighted by molar-refractivity contribution is 5.81. The number of halogens is 1. The molecule has 2 rings (SSSR count). The Labute approximate surface area is 140 Å². The van der Waals surface area contributed by atoms with Crippen LogP contribution in [0.1, 0.15) is 65.5 Å². The second kappa shape index (κ2) is 7.04. The lowest BCUT2D eigenvalue weighted by molar-refractivity contribution is 0.531. The third kappa shape index (κ3) is 3.95. The Morgan fingerprint density at radius 3 is 2.57 bits per heavy atom. The van der Waals surface area contributed by atoms with Gasteiger partial charge in [0.1, 0.15) is 5.82 Å². The van der Waals surface area contributed by atoms with Gasteiger partial charge in [0.25, 0.3) is 0 Å². The van der Waals surface area contributed by atoms with E-state index in [0.29, 0.717) is 12.6 Å². The molecule has 0 aliphatic carbocycles. The first-order valence-electron chi connectivity index (χ1n) is 8.79. The van der Waals surface area contributed by atoms with Gasteiger partial charge in [0.2, 0.25) is 0 Å². The van der Waals surface area contributed by atoms with Crippen molar-refractivity contribution in [2.45, 2.75) is 72.5 Å². The normalized spacial score (nSPS) is 16.5. The lowest BCUT2D eigenvalue weighted by atomic mass is 9.87. The summed E-state index contributed by atoms with van der Waals surface area (Å²) in [6.45, 7) is 14.4. The first-order valence-corrected chi connectivity index (χ1v) is 8.79. The molecule has 0 spiro atoms. The summed E-state index contributed by atoms with van der Waals surface area (Å²) in [5.74, 6) is -0.108. The van der Waals surface area contributed by atoms with Crippen molar-refractivity contribution in [2.75, 3.05) is 11.4 Å². The quantitative estimate of drug-likeness (QED) is 0.782. The Morgan fingerprint density at radius 2 is 1.96 bits per heavy atom. The van der Waals surface area contributed by atoms with Gasteiger partial charge in [-0.15, -0.1) is 0 Å². The summed E-state index contributed by atoms with van der Waals surface area (Å²) < 4.78 is 14.6. The highest BCUT2D eigenvalue weighted by Gasteiger charge is 2.31. The summed E-state index contributed by atoms with van der Waals surface area (Å²) in [6, 6.07) is 4.11. The van der Waals surface area contributed by atoms with Crippen molar-refractivity contribution in [3.05, 3.63) is 35.2 Å². The first-order chi connectivity index (χ1) is 10.8. The van der Waals surface area contributed by atoms with Crippen LogP contribution in [0.15, 0.2) is 18.2 Å².